The molecule has 9 nitrogen and oxygen atoms in total. The summed E-state index contributed by atoms with van der Waals surface area (Å²) >= 11 is 2.85. The molecule has 2 aromatic heterocycles. The van der Waals surface area contributed by atoms with Gasteiger partial charge >= 0.3 is 5.97 Å². The fourth-order valence-corrected chi connectivity index (χ4v) is 5.87. The number of aromatic nitrogens is 2. The van der Waals surface area contributed by atoms with E-state index < -0.39 is 4.92 Å². The van der Waals surface area contributed by atoms with Crippen molar-refractivity contribution < 1.29 is 19.2 Å². The van der Waals surface area contributed by atoms with Crippen LogP contribution in [0.4, 0.5) is 10.7 Å². The Kier molecular flexibility index (Phi) is 7.29. The lowest BCUT2D eigenvalue weighted by Gasteiger charge is -2.08. The molecule has 0 bridgehead atoms. The van der Waals surface area contributed by atoms with E-state index in [1.807, 2.05) is 0 Å². The normalized spacial score (nSPS) is 13.4. The van der Waals surface area contributed by atoms with E-state index in [-0.39, 0.29) is 29.9 Å². The number of fused-ring (bicyclic) bond motifs is 2. The summed E-state index contributed by atoms with van der Waals surface area (Å²) < 4.78 is 5.26. The number of amides is 1. The van der Waals surface area contributed by atoms with Crippen LogP contribution < -0.4 is 5.32 Å². The number of anilines is 1. The third kappa shape index (κ3) is 5.36. The first-order valence-corrected chi connectivity index (χ1v) is 12.8. The number of thioether (sulfide) groups is 1. The number of hydrogen-bond donors (Lipinski definition) is 2. The second-order valence-electron chi connectivity index (χ2n) is 7.67. The van der Waals surface area contributed by atoms with Crippen molar-refractivity contribution >= 4 is 56.7 Å². The maximum Gasteiger partial charge on any atom is 0.341 e. The number of carbonyl (C=O) groups excluding carboxylic acids is 2. The third-order valence-corrected chi connectivity index (χ3v) is 7.50. The molecule has 4 rings (SSSR count). The summed E-state index contributed by atoms with van der Waals surface area (Å²) in [7, 11) is 0. The van der Waals surface area contributed by atoms with E-state index in [4.69, 9.17) is 4.74 Å². The van der Waals surface area contributed by atoms with Gasteiger partial charge in [-0.05, 0) is 44.2 Å². The Labute approximate surface area is 198 Å². The number of thiophene rings is 1. The van der Waals surface area contributed by atoms with Crippen molar-refractivity contribution in [2.24, 2.45) is 0 Å². The van der Waals surface area contributed by atoms with Gasteiger partial charge in [0.25, 0.3) is 5.69 Å². The molecule has 0 saturated heterocycles. The maximum absolute atomic E-state index is 12.6. The van der Waals surface area contributed by atoms with Gasteiger partial charge < -0.3 is 15.0 Å². The Hall–Kier alpha value is -2.92. The highest BCUT2D eigenvalue weighted by Gasteiger charge is 2.26. The summed E-state index contributed by atoms with van der Waals surface area (Å²) in [6.07, 6.45) is 4.99. The van der Waals surface area contributed by atoms with Crippen LogP contribution in [-0.2, 0) is 28.1 Å². The molecule has 11 heteroatoms. The minimum absolute atomic E-state index is 0.00326. The first-order valence-electron chi connectivity index (χ1n) is 10.8. The van der Waals surface area contributed by atoms with Crippen LogP contribution in [0, 0.1) is 10.1 Å². The molecular formula is C22H24N4O5S2. The summed E-state index contributed by atoms with van der Waals surface area (Å²) in [5.41, 5.74) is 2.76. The smallest absolute Gasteiger partial charge is 0.341 e. The summed E-state index contributed by atoms with van der Waals surface area (Å²) in [5, 5.41) is 14.4. The van der Waals surface area contributed by atoms with Crippen molar-refractivity contribution in [2.45, 2.75) is 44.8 Å². The highest BCUT2D eigenvalue weighted by molar-refractivity contribution is 7.99. The molecule has 0 saturated carbocycles. The molecule has 3 aromatic rings. The number of non-ortho nitro benzene ring substituents is 1. The molecule has 0 radical (unpaired) electrons. The number of esters is 1. The van der Waals surface area contributed by atoms with Gasteiger partial charge in [0.1, 0.15) is 10.8 Å². The van der Waals surface area contributed by atoms with Crippen molar-refractivity contribution in [1.82, 2.24) is 9.97 Å². The number of aromatic amines is 1. The number of nitro groups is 1. The standard InChI is InChI=1S/C22H24N4O5S2/c1-2-31-22(28)20-14-6-4-3-5-7-17(14)33-21(20)25-19(27)12-32-11-18-23-15-9-8-13(26(29)30)10-16(15)24-18/h8-10H,2-7,11-12H2,1H3,(H,23,24)(H,25,27). The molecule has 1 amide bonds. The lowest BCUT2D eigenvalue weighted by Crippen LogP contribution is -2.17. The Bertz CT molecular complexity index is 1200. The number of imidazole rings is 1. The van der Waals surface area contributed by atoms with E-state index in [1.54, 1.807) is 13.0 Å². The van der Waals surface area contributed by atoms with Crippen molar-refractivity contribution in [1.29, 1.82) is 0 Å². The minimum atomic E-state index is -0.451. The predicted molar refractivity (Wildman–Crippen MR) is 129 cm³/mol. The van der Waals surface area contributed by atoms with E-state index in [2.05, 4.69) is 15.3 Å². The zero-order valence-electron chi connectivity index (χ0n) is 18.1. The maximum atomic E-state index is 12.6. The molecular weight excluding hydrogens is 464 g/mol. The van der Waals surface area contributed by atoms with Gasteiger partial charge in [0.05, 0.1) is 39.6 Å². The Morgan fingerprint density at radius 1 is 1.30 bits per heavy atom. The molecule has 2 N–H and O–H groups in total. The molecule has 174 valence electrons. The van der Waals surface area contributed by atoms with E-state index in [0.717, 1.165) is 42.5 Å². The van der Waals surface area contributed by atoms with Crippen molar-refractivity contribution in [3.63, 3.8) is 0 Å². The van der Waals surface area contributed by atoms with Crippen molar-refractivity contribution in [3.05, 3.63) is 50.1 Å². The zero-order chi connectivity index (χ0) is 23.4. The number of ether oxygens (including phenoxy) is 1. The fourth-order valence-electron chi connectivity index (χ4n) is 3.89. The summed E-state index contributed by atoms with van der Waals surface area (Å²) in [6, 6.07) is 4.46. The van der Waals surface area contributed by atoms with Gasteiger partial charge in [-0.3, -0.25) is 14.9 Å². The van der Waals surface area contributed by atoms with Crippen LogP contribution in [0.1, 0.15) is 52.8 Å². The fraction of sp³-hybridized carbons (Fsp3) is 0.409. The molecule has 33 heavy (non-hydrogen) atoms. The average molecular weight is 489 g/mol. The number of hydrogen-bond acceptors (Lipinski definition) is 8. The molecule has 1 aliphatic carbocycles. The van der Waals surface area contributed by atoms with Crippen LogP contribution in [0.3, 0.4) is 0 Å². The number of carbonyl (C=O) groups is 2. The summed E-state index contributed by atoms with van der Waals surface area (Å²) in [6.45, 7) is 2.06. The summed E-state index contributed by atoms with van der Waals surface area (Å²) in [4.78, 5) is 44.4. The number of nitro benzene ring substituents is 1. The van der Waals surface area contributed by atoms with E-state index >= 15 is 0 Å². The molecule has 2 heterocycles. The molecule has 0 aliphatic heterocycles. The lowest BCUT2D eigenvalue weighted by molar-refractivity contribution is -0.384. The lowest BCUT2D eigenvalue weighted by atomic mass is 10.1. The number of nitrogens with zero attached hydrogens (tertiary/aromatic N) is 2. The third-order valence-electron chi connectivity index (χ3n) is 5.35. The largest absolute Gasteiger partial charge is 0.462 e. The van der Waals surface area contributed by atoms with Gasteiger partial charge in [0.15, 0.2) is 0 Å². The van der Waals surface area contributed by atoms with Crippen molar-refractivity contribution in [2.75, 3.05) is 17.7 Å². The number of H-pyrrole nitrogens is 1. The van der Waals surface area contributed by atoms with Crippen LogP contribution in [0.5, 0.6) is 0 Å². The van der Waals surface area contributed by atoms with Crippen LogP contribution in [0.15, 0.2) is 18.2 Å². The predicted octanol–water partition coefficient (Wildman–Crippen LogP) is 4.85. The summed E-state index contributed by atoms with van der Waals surface area (Å²) in [5.74, 6) is 0.687. The molecule has 1 aromatic carbocycles. The average Bonchev–Trinajstić information content (AvgIpc) is 3.25. The number of aryl methyl sites for hydroxylation is 1. The molecule has 1 aliphatic rings. The molecule has 0 spiro atoms. The van der Waals surface area contributed by atoms with E-state index in [1.165, 1.54) is 35.2 Å². The van der Waals surface area contributed by atoms with Crippen molar-refractivity contribution in [3.8, 4) is 0 Å². The Balaban J connectivity index is 1.40. The van der Waals surface area contributed by atoms with E-state index in [0.29, 0.717) is 33.2 Å². The first kappa shape index (κ1) is 23.2. The highest BCUT2D eigenvalue weighted by Crippen LogP contribution is 2.38. The Morgan fingerprint density at radius 3 is 2.91 bits per heavy atom. The topological polar surface area (TPSA) is 127 Å². The van der Waals surface area contributed by atoms with E-state index in [9.17, 15) is 19.7 Å². The monoisotopic (exact) mass is 488 g/mol. The van der Waals surface area contributed by atoms with Crippen LogP contribution in [0.2, 0.25) is 0 Å². The van der Waals surface area contributed by atoms with Gasteiger partial charge in [-0.2, -0.15) is 0 Å². The van der Waals surface area contributed by atoms with Crippen LogP contribution in [-0.4, -0.2) is 39.1 Å². The highest BCUT2D eigenvalue weighted by atomic mass is 32.2. The molecule has 0 fully saturated rings. The van der Waals surface area contributed by atoms with Gasteiger partial charge in [-0.25, -0.2) is 9.78 Å². The number of nitrogens with one attached hydrogen (secondary N) is 2. The van der Waals surface area contributed by atoms with Gasteiger partial charge in [0, 0.05) is 17.0 Å². The Morgan fingerprint density at radius 2 is 2.12 bits per heavy atom. The number of benzene rings is 1. The van der Waals surface area contributed by atoms with Gasteiger partial charge in [0.2, 0.25) is 5.91 Å². The molecule has 0 atom stereocenters. The molecule has 0 unspecified atom stereocenters. The van der Waals surface area contributed by atoms with Gasteiger partial charge in [-0.15, -0.1) is 23.1 Å². The second kappa shape index (κ2) is 10.3. The SMILES string of the molecule is CCOC(=O)c1c(NC(=O)CSCc2nc3ccc([N+](=O)[O-])cc3[nH]2)sc2c1CCCCC2. The first-order chi connectivity index (χ1) is 16.0. The minimum Gasteiger partial charge on any atom is -0.462 e. The second-order valence-corrected chi connectivity index (χ2v) is 9.76. The van der Waals surface area contributed by atoms with Crippen LogP contribution >= 0.6 is 23.1 Å². The quantitative estimate of drug-likeness (QED) is 0.201. The zero-order valence-corrected chi connectivity index (χ0v) is 19.8. The van der Waals surface area contributed by atoms with Crippen LogP contribution in [0.25, 0.3) is 11.0 Å². The van der Waals surface area contributed by atoms with Gasteiger partial charge in [-0.1, -0.05) is 6.42 Å². The number of rotatable bonds is 8.